The number of nitrogens with one attached hydrogen (secondary N) is 1. The first kappa shape index (κ1) is 18.8. The van der Waals surface area contributed by atoms with E-state index in [2.05, 4.69) is 17.4 Å². The summed E-state index contributed by atoms with van der Waals surface area (Å²) < 4.78 is 5.39. The third-order valence-corrected chi connectivity index (χ3v) is 6.47. The maximum absolute atomic E-state index is 11.1. The lowest BCUT2D eigenvalue weighted by molar-refractivity contribution is -0.384. The van der Waals surface area contributed by atoms with Gasteiger partial charge in [-0.25, -0.2) is 0 Å². The molecular weight excluding hydrogens is 374 g/mol. The van der Waals surface area contributed by atoms with Crippen LogP contribution in [0.1, 0.15) is 36.8 Å². The highest BCUT2D eigenvalue weighted by molar-refractivity contribution is 7.98. The third kappa shape index (κ3) is 3.85. The number of nitro groups is 1. The monoisotopic (exact) mass is 397 g/mol. The number of non-ortho nitro benzene ring substituents is 1. The van der Waals surface area contributed by atoms with Crippen molar-refractivity contribution in [2.75, 3.05) is 7.11 Å². The number of hydrogen-bond donors (Lipinski definition) is 1. The van der Waals surface area contributed by atoms with Crippen molar-refractivity contribution in [2.24, 2.45) is 4.99 Å². The molecule has 2 unspecified atom stereocenters. The molecule has 1 aliphatic carbocycles. The summed E-state index contributed by atoms with van der Waals surface area (Å²) in [5.41, 5.74) is 1.99. The van der Waals surface area contributed by atoms with Gasteiger partial charge in [-0.1, -0.05) is 31.0 Å². The molecule has 2 aromatic carbocycles. The summed E-state index contributed by atoms with van der Waals surface area (Å²) in [5, 5.41) is 14.7. The number of aliphatic imine (C=N–C) groups is 1. The van der Waals surface area contributed by atoms with Crippen LogP contribution in [0.4, 0.5) is 5.69 Å². The molecule has 1 heterocycles. The van der Waals surface area contributed by atoms with Crippen molar-refractivity contribution in [3.8, 4) is 5.75 Å². The number of nitrogens with zero attached hydrogens (tertiary/aromatic N) is 2. The van der Waals surface area contributed by atoms with E-state index in [-0.39, 0.29) is 10.6 Å². The van der Waals surface area contributed by atoms with Crippen molar-refractivity contribution < 1.29 is 9.66 Å². The number of methoxy groups -OCH3 is 1. The highest BCUT2D eigenvalue weighted by atomic mass is 32.2. The molecule has 2 atom stereocenters. The van der Waals surface area contributed by atoms with Gasteiger partial charge in [0, 0.05) is 39.9 Å². The second-order valence-electron chi connectivity index (χ2n) is 7.12. The van der Waals surface area contributed by atoms with Gasteiger partial charge in [0.05, 0.1) is 18.1 Å². The fourth-order valence-electron chi connectivity index (χ4n) is 3.90. The topological polar surface area (TPSA) is 76.8 Å². The molecule has 0 radical (unpaired) electrons. The molecule has 2 aliphatic rings. The summed E-state index contributed by atoms with van der Waals surface area (Å²) in [6, 6.07) is 13.8. The average molecular weight is 398 g/mol. The van der Waals surface area contributed by atoms with Gasteiger partial charge < -0.3 is 10.1 Å². The summed E-state index contributed by atoms with van der Waals surface area (Å²) in [5.74, 6) is 2.23. The van der Waals surface area contributed by atoms with Crippen LogP contribution in [0.2, 0.25) is 0 Å². The average Bonchev–Trinajstić information content (AvgIpc) is 3.16. The van der Waals surface area contributed by atoms with E-state index in [0.29, 0.717) is 23.6 Å². The van der Waals surface area contributed by atoms with Crippen LogP contribution in [-0.2, 0) is 5.75 Å². The highest BCUT2D eigenvalue weighted by Gasteiger charge is 2.31. The van der Waals surface area contributed by atoms with Crippen LogP contribution in [0.3, 0.4) is 0 Å². The number of fused-ring (bicyclic) bond motifs is 1. The maximum atomic E-state index is 11.1. The Bertz CT molecular complexity index is 916. The smallest absolute Gasteiger partial charge is 0.270 e. The first-order valence-corrected chi connectivity index (χ1v) is 10.5. The van der Waals surface area contributed by atoms with E-state index in [0.717, 1.165) is 28.3 Å². The van der Waals surface area contributed by atoms with Crippen LogP contribution in [0.5, 0.6) is 5.75 Å². The molecule has 0 saturated heterocycles. The van der Waals surface area contributed by atoms with E-state index in [1.165, 1.54) is 25.3 Å². The van der Waals surface area contributed by atoms with Crippen LogP contribution < -0.4 is 10.1 Å². The summed E-state index contributed by atoms with van der Waals surface area (Å²) in [7, 11) is 1.59. The lowest BCUT2D eigenvalue weighted by Gasteiger charge is -2.23. The van der Waals surface area contributed by atoms with E-state index in [1.807, 2.05) is 12.1 Å². The normalized spacial score (nSPS) is 20.8. The van der Waals surface area contributed by atoms with Crippen LogP contribution >= 0.6 is 11.8 Å². The van der Waals surface area contributed by atoms with Gasteiger partial charge in [-0.2, -0.15) is 0 Å². The Hall–Kier alpha value is -2.54. The number of ether oxygens (including phenoxy) is 1. The van der Waals surface area contributed by atoms with Gasteiger partial charge in [-0.05, 0) is 25.0 Å². The van der Waals surface area contributed by atoms with E-state index >= 15 is 0 Å². The van der Waals surface area contributed by atoms with Crippen LogP contribution in [0, 0.1) is 10.1 Å². The minimum Gasteiger partial charge on any atom is -0.496 e. The molecule has 1 aliphatic heterocycles. The molecule has 1 N–H and O–H groups in total. The Balaban J connectivity index is 1.56. The first-order valence-electron chi connectivity index (χ1n) is 9.53. The first-order chi connectivity index (χ1) is 13.7. The number of thioether (sulfide) groups is 1. The predicted octanol–water partition coefficient (Wildman–Crippen LogP) is 4.56. The van der Waals surface area contributed by atoms with Gasteiger partial charge >= 0.3 is 0 Å². The summed E-state index contributed by atoms with van der Waals surface area (Å²) in [6.45, 7) is 0. The zero-order valence-electron chi connectivity index (χ0n) is 15.8. The number of benzene rings is 2. The van der Waals surface area contributed by atoms with Gasteiger partial charge in [0.25, 0.3) is 5.69 Å². The second kappa shape index (κ2) is 8.22. The summed E-state index contributed by atoms with van der Waals surface area (Å²) >= 11 is 1.65. The number of nitro benzene ring substituents is 1. The zero-order chi connectivity index (χ0) is 19.5. The summed E-state index contributed by atoms with van der Waals surface area (Å²) in [4.78, 5) is 16.8. The molecule has 7 heteroatoms. The fraction of sp³-hybridized carbons (Fsp3) is 0.381. The quantitative estimate of drug-likeness (QED) is 0.439. The number of hydrogen-bond acceptors (Lipinski definition) is 6. The molecular formula is C21H23N3O3S. The van der Waals surface area contributed by atoms with Gasteiger partial charge in [0.1, 0.15) is 11.6 Å². The Labute approximate surface area is 168 Å². The van der Waals surface area contributed by atoms with Crippen LogP contribution in [0.25, 0.3) is 0 Å². The molecule has 1 fully saturated rings. The molecule has 0 spiro atoms. The third-order valence-electron chi connectivity index (χ3n) is 5.35. The molecule has 2 aromatic rings. The molecule has 1 saturated carbocycles. The lowest BCUT2D eigenvalue weighted by Crippen LogP contribution is -2.37. The standard InChI is InChI=1S/C21H23N3O3S/c1-27-19-11-10-15(24(25)26)12-14(19)13-28-20-9-5-2-6-16(20)21-22-17-7-3-4-8-18(17)23-21/h2,5-6,9-12,17-18H,3-4,7-8,13H2,1H3,(H,22,23). The van der Waals surface area contributed by atoms with Crippen molar-refractivity contribution in [1.82, 2.24) is 5.32 Å². The van der Waals surface area contributed by atoms with E-state index in [9.17, 15) is 10.1 Å². The van der Waals surface area contributed by atoms with E-state index in [1.54, 1.807) is 31.0 Å². The van der Waals surface area contributed by atoms with Crippen molar-refractivity contribution >= 4 is 23.3 Å². The minimum atomic E-state index is -0.375. The molecule has 4 rings (SSSR count). The Kier molecular flexibility index (Phi) is 5.52. The highest BCUT2D eigenvalue weighted by Crippen LogP contribution is 2.34. The van der Waals surface area contributed by atoms with Gasteiger partial charge in [-0.15, -0.1) is 11.8 Å². The van der Waals surface area contributed by atoms with Crippen LogP contribution in [-0.4, -0.2) is 30.0 Å². The van der Waals surface area contributed by atoms with Crippen molar-refractivity contribution in [1.29, 1.82) is 0 Å². The van der Waals surface area contributed by atoms with E-state index < -0.39 is 0 Å². The molecule has 146 valence electrons. The number of rotatable bonds is 6. The molecule has 0 amide bonds. The van der Waals surface area contributed by atoms with E-state index in [4.69, 9.17) is 9.73 Å². The number of amidine groups is 1. The SMILES string of the molecule is COc1ccc([N+](=O)[O-])cc1CSc1ccccc1C1=NC2CCCCC2N1. The zero-order valence-corrected chi connectivity index (χ0v) is 16.6. The lowest BCUT2D eigenvalue weighted by atomic mass is 9.92. The predicted molar refractivity (Wildman–Crippen MR) is 111 cm³/mol. The van der Waals surface area contributed by atoms with Crippen molar-refractivity contribution in [3.63, 3.8) is 0 Å². The largest absolute Gasteiger partial charge is 0.496 e. The Morgan fingerprint density at radius 1 is 1.25 bits per heavy atom. The van der Waals surface area contributed by atoms with Crippen LogP contribution in [0.15, 0.2) is 52.4 Å². The molecule has 28 heavy (non-hydrogen) atoms. The maximum Gasteiger partial charge on any atom is 0.270 e. The fourth-order valence-corrected chi connectivity index (χ4v) is 4.93. The molecule has 0 aromatic heterocycles. The van der Waals surface area contributed by atoms with Crippen molar-refractivity contribution in [2.45, 2.75) is 48.4 Å². The second-order valence-corrected chi connectivity index (χ2v) is 8.14. The van der Waals surface area contributed by atoms with Gasteiger partial charge in [-0.3, -0.25) is 15.1 Å². The Morgan fingerprint density at radius 3 is 2.86 bits per heavy atom. The van der Waals surface area contributed by atoms with Gasteiger partial charge in [0.15, 0.2) is 0 Å². The Morgan fingerprint density at radius 2 is 2.07 bits per heavy atom. The minimum absolute atomic E-state index is 0.0793. The summed E-state index contributed by atoms with van der Waals surface area (Å²) in [6.07, 6.45) is 4.85. The molecule has 0 bridgehead atoms. The van der Waals surface area contributed by atoms with Gasteiger partial charge in [0.2, 0.25) is 0 Å². The molecule has 6 nitrogen and oxygen atoms in total. The van der Waals surface area contributed by atoms with Crippen molar-refractivity contribution in [3.05, 3.63) is 63.7 Å².